The molecule has 0 radical (unpaired) electrons. The molecule has 1 saturated heterocycles. The summed E-state index contributed by atoms with van der Waals surface area (Å²) in [5, 5.41) is 14.1. The number of nitrogens with one attached hydrogen (secondary N) is 1. The largest absolute Gasteiger partial charge is 0.481 e. The van der Waals surface area contributed by atoms with E-state index in [9.17, 15) is 9.59 Å². The third-order valence-corrected chi connectivity index (χ3v) is 5.56. The second-order valence-corrected chi connectivity index (χ2v) is 7.57. The fraction of sp³-hybridized carbons (Fsp3) is 0.250. The van der Waals surface area contributed by atoms with E-state index in [4.69, 9.17) is 5.11 Å². The minimum absolute atomic E-state index is 0.124. The van der Waals surface area contributed by atoms with Crippen LogP contribution in [-0.2, 0) is 11.3 Å². The average Bonchev–Trinajstić information content (AvgIpc) is 2.74. The van der Waals surface area contributed by atoms with E-state index < -0.39 is 5.97 Å². The van der Waals surface area contributed by atoms with Gasteiger partial charge in [-0.2, -0.15) is 0 Å². The molecule has 1 aliphatic heterocycles. The highest BCUT2D eigenvalue weighted by Crippen LogP contribution is 2.22. The number of carboxylic acids is 1. The van der Waals surface area contributed by atoms with Gasteiger partial charge in [0.15, 0.2) is 0 Å². The molecule has 0 aromatic heterocycles. The van der Waals surface area contributed by atoms with Crippen LogP contribution in [-0.4, -0.2) is 35.0 Å². The summed E-state index contributed by atoms with van der Waals surface area (Å²) in [6.07, 6.45) is 1.37. The maximum Gasteiger partial charge on any atom is 0.306 e. The summed E-state index contributed by atoms with van der Waals surface area (Å²) >= 11 is 0. The topological polar surface area (TPSA) is 69.6 Å². The molecule has 0 spiro atoms. The molecule has 0 atom stereocenters. The van der Waals surface area contributed by atoms with Crippen LogP contribution in [0.1, 0.15) is 28.8 Å². The molecule has 3 aromatic rings. The van der Waals surface area contributed by atoms with Crippen molar-refractivity contribution in [1.29, 1.82) is 0 Å². The second kappa shape index (κ2) is 8.45. The number of carboxylic acid groups (broad SMARTS) is 1. The summed E-state index contributed by atoms with van der Waals surface area (Å²) in [7, 11) is 0. The zero-order valence-electron chi connectivity index (χ0n) is 16.2. The maximum atomic E-state index is 12.9. The Balaban J connectivity index is 1.44. The Hall–Kier alpha value is -3.18. The first-order chi connectivity index (χ1) is 14.1. The number of benzene rings is 3. The van der Waals surface area contributed by atoms with Gasteiger partial charge in [0.1, 0.15) is 0 Å². The zero-order valence-corrected chi connectivity index (χ0v) is 16.2. The van der Waals surface area contributed by atoms with Gasteiger partial charge in [-0.15, -0.1) is 0 Å². The number of fused-ring (bicyclic) bond motifs is 1. The first-order valence-corrected chi connectivity index (χ1v) is 9.93. The molecule has 2 N–H and O–H groups in total. The molecule has 5 heteroatoms. The number of likely N-dealkylation sites (tertiary alicyclic amines) is 1. The fourth-order valence-electron chi connectivity index (χ4n) is 3.97. The van der Waals surface area contributed by atoms with Gasteiger partial charge in [-0.1, -0.05) is 48.5 Å². The molecule has 0 saturated carbocycles. The van der Waals surface area contributed by atoms with E-state index in [1.165, 1.54) is 0 Å². The van der Waals surface area contributed by atoms with Crippen molar-refractivity contribution in [2.45, 2.75) is 19.4 Å². The number of amides is 1. The van der Waals surface area contributed by atoms with Crippen molar-refractivity contribution in [3.63, 3.8) is 0 Å². The SMILES string of the molecule is O=C(Nc1cccc(CN2CCC(C(=O)O)CC2)c1)c1cccc2ccccc12. The van der Waals surface area contributed by atoms with Crippen molar-refractivity contribution in [2.75, 3.05) is 18.4 Å². The molecule has 1 fully saturated rings. The van der Waals surface area contributed by atoms with Crippen molar-refractivity contribution in [3.05, 3.63) is 77.9 Å². The molecule has 1 heterocycles. The van der Waals surface area contributed by atoms with Gasteiger partial charge >= 0.3 is 5.97 Å². The summed E-state index contributed by atoms with van der Waals surface area (Å²) in [4.78, 5) is 26.2. The molecule has 5 nitrogen and oxygen atoms in total. The molecule has 3 aromatic carbocycles. The number of carbonyl (C=O) groups excluding carboxylic acids is 1. The Morgan fingerprint density at radius 2 is 1.69 bits per heavy atom. The molecule has 4 rings (SSSR count). The summed E-state index contributed by atoms with van der Waals surface area (Å²) in [6.45, 7) is 2.32. The zero-order chi connectivity index (χ0) is 20.2. The van der Waals surface area contributed by atoms with Gasteiger partial charge in [0.05, 0.1) is 5.92 Å². The minimum Gasteiger partial charge on any atom is -0.481 e. The van der Waals surface area contributed by atoms with E-state index in [1.807, 2.05) is 66.7 Å². The van der Waals surface area contributed by atoms with Gasteiger partial charge in [-0.25, -0.2) is 0 Å². The number of hydrogen-bond acceptors (Lipinski definition) is 3. The van der Waals surface area contributed by atoms with Gasteiger partial charge in [0.25, 0.3) is 5.91 Å². The van der Waals surface area contributed by atoms with Crippen LogP contribution >= 0.6 is 0 Å². The van der Waals surface area contributed by atoms with Crippen molar-refractivity contribution in [1.82, 2.24) is 4.90 Å². The van der Waals surface area contributed by atoms with Crippen molar-refractivity contribution in [3.8, 4) is 0 Å². The van der Waals surface area contributed by atoms with E-state index in [1.54, 1.807) is 0 Å². The number of piperidine rings is 1. The van der Waals surface area contributed by atoms with Crippen molar-refractivity contribution < 1.29 is 14.7 Å². The van der Waals surface area contributed by atoms with Crippen LogP contribution in [0.3, 0.4) is 0 Å². The number of carbonyl (C=O) groups is 2. The third kappa shape index (κ3) is 4.46. The van der Waals surface area contributed by atoms with Crippen LogP contribution in [0.5, 0.6) is 0 Å². The number of nitrogens with zero attached hydrogens (tertiary/aromatic N) is 1. The molecule has 148 valence electrons. The van der Waals surface area contributed by atoms with E-state index in [0.29, 0.717) is 18.4 Å². The highest BCUT2D eigenvalue weighted by Gasteiger charge is 2.24. The predicted molar refractivity (Wildman–Crippen MR) is 114 cm³/mol. The number of aliphatic carboxylic acids is 1. The lowest BCUT2D eigenvalue weighted by Gasteiger charge is -2.30. The lowest BCUT2D eigenvalue weighted by molar-refractivity contribution is -0.143. The van der Waals surface area contributed by atoms with Crippen LogP contribution in [0.4, 0.5) is 5.69 Å². The molecular formula is C24H24N2O3. The van der Waals surface area contributed by atoms with Crippen molar-refractivity contribution >= 4 is 28.3 Å². The quantitative estimate of drug-likeness (QED) is 0.680. The first-order valence-electron chi connectivity index (χ1n) is 9.93. The molecule has 0 aliphatic carbocycles. The minimum atomic E-state index is -0.692. The standard InChI is InChI=1S/C24H24N2O3/c27-23(22-10-4-7-18-6-1-2-9-21(18)22)25-20-8-3-5-17(15-20)16-26-13-11-19(12-14-26)24(28)29/h1-10,15,19H,11-14,16H2,(H,25,27)(H,28,29). The molecular weight excluding hydrogens is 364 g/mol. The monoisotopic (exact) mass is 388 g/mol. The Bertz CT molecular complexity index is 1030. The van der Waals surface area contributed by atoms with Gasteiger partial charge in [0.2, 0.25) is 0 Å². The van der Waals surface area contributed by atoms with E-state index in [2.05, 4.69) is 10.2 Å². The van der Waals surface area contributed by atoms with Crippen LogP contribution in [0, 0.1) is 5.92 Å². The Morgan fingerprint density at radius 1 is 0.966 bits per heavy atom. The summed E-state index contributed by atoms with van der Waals surface area (Å²) < 4.78 is 0. The third-order valence-electron chi connectivity index (χ3n) is 5.56. The second-order valence-electron chi connectivity index (χ2n) is 7.57. The number of hydrogen-bond donors (Lipinski definition) is 2. The van der Waals surface area contributed by atoms with E-state index in [-0.39, 0.29) is 11.8 Å². The van der Waals surface area contributed by atoms with Gasteiger partial charge < -0.3 is 10.4 Å². The molecule has 29 heavy (non-hydrogen) atoms. The normalized spacial score (nSPS) is 15.3. The van der Waals surface area contributed by atoms with Crippen LogP contribution in [0.25, 0.3) is 10.8 Å². The summed E-state index contributed by atoms with van der Waals surface area (Å²) in [5.74, 6) is -1.04. The highest BCUT2D eigenvalue weighted by molar-refractivity contribution is 6.12. The number of rotatable bonds is 5. The number of anilines is 1. The van der Waals surface area contributed by atoms with Crippen LogP contribution in [0.2, 0.25) is 0 Å². The molecule has 0 unspecified atom stereocenters. The highest BCUT2D eigenvalue weighted by atomic mass is 16.4. The Morgan fingerprint density at radius 3 is 2.48 bits per heavy atom. The molecule has 1 amide bonds. The predicted octanol–water partition coefficient (Wildman–Crippen LogP) is 4.39. The van der Waals surface area contributed by atoms with E-state index >= 15 is 0 Å². The van der Waals surface area contributed by atoms with Crippen LogP contribution < -0.4 is 5.32 Å². The summed E-state index contributed by atoms with van der Waals surface area (Å²) in [6, 6.07) is 21.5. The first kappa shape index (κ1) is 19.2. The summed E-state index contributed by atoms with van der Waals surface area (Å²) in [5.41, 5.74) is 2.53. The lowest BCUT2D eigenvalue weighted by atomic mass is 9.97. The Kier molecular flexibility index (Phi) is 5.58. The van der Waals surface area contributed by atoms with Crippen molar-refractivity contribution in [2.24, 2.45) is 5.92 Å². The molecule has 0 bridgehead atoms. The maximum absolute atomic E-state index is 12.9. The van der Waals surface area contributed by atoms with Gasteiger partial charge in [0, 0.05) is 17.8 Å². The molecule has 1 aliphatic rings. The lowest BCUT2D eigenvalue weighted by Crippen LogP contribution is -2.35. The van der Waals surface area contributed by atoms with Gasteiger partial charge in [-0.3, -0.25) is 14.5 Å². The van der Waals surface area contributed by atoms with E-state index in [0.717, 1.165) is 41.7 Å². The fourth-order valence-corrected chi connectivity index (χ4v) is 3.97. The van der Waals surface area contributed by atoms with Gasteiger partial charge in [-0.05, 0) is 60.5 Å². The smallest absolute Gasteiger partial charge is 0.306 e. The average molecular weight is 388 g/mol. The van der Waals surface area contributed by atoms with Crippen LogP contribution in [0.15, 0.2) is 66.7 Å². The Labute approximate surface area is 170 Å².